The van der Waals surface area contributed by atoms with Crippen molar-refractivity contribution in [1.82, 2.24) is 5.32 Å². The molecule has 0 aromatic heterocycles. The zero-order chi connectivity index (χ0) is 9.41. The molecule has 0 radical (unpaired) electrons. The van der Waals surface area contributed by atoms with Crippen molar-refractivity contribution in [3.05, 3.63) is 24.2 Å². The number of hydrogen-bond acceptors (Lipinski definition) is 1. The lowest BCUT2D eigenvalue weighted by Crippen LogP contribution is -2.52. The highest BCUT2D eigenvalue weighted by Gasteiger charge is 2.60. The number of dihydropyridines is 1. The standard InChI is InChI=1S/C6H4F5N/c7-4-2-1-3-12-5(4,8)6(9,10)11/h1-3,12H. The summed E-state index contributed by atoms with van der Waals surface area (Å²) in [6.07, 6.45) is -3.24. The number of rotatable bonds is 0. The molecule has 1 aliphatic rings. The van der Waals surface area contributed by atoms with Crippen molar-refractivity contribution in [2.75, 3.05) is 0 Å². The number of allylic oxidation sites excluding steroid dienone is 2. The minimum absolute atomic E-state index is 0.421. The fourth-order valence-corrected chi connectivity index (χ4v) is 0.697. The smallest absolute Gasteiger partial charge is 0.347 e. The van der Waals surface area contributed by atoms with E-state index >= 15 is 0 Å². The maximum atomic E-state index is 12.7. The molecule has 1 unspecified atom stereocenters. The van der Waals surface area contributed by atoms with Crippen LogP contribution in [0.4, 0.5) is 22.0 Å². The van der Waals surface area contributed by atoms with Crippen LogP contribution in [0.2, 0.25) is 0 Å². The molecule has 1 rings (SSSR count). The molecule has 0 aliphatic carbocycles. The summed E-state index contributed by atoms with van der Waals surface area (Å²) in [4.78, 5) is 0. The molecule has 0 fully saturated rings. The Labute approximate surface area is 64.6 Å². The van der Waals surface area contributed by atoms with Gasteiger partial charge in [-0.1, -0.05) is 0 Å². The van der Waals surface area contributed by atoms with E-state index in [2.05, 4.69) is 0 Å². The largest absolute Gasteiger partial charge is 0.448 e. The van der Waals surface area contributed by atoms with Gasteiger partial charge in [0.1, 0.15) is 0 Å². The van der Waals surface area contributed by atoms with Gasteiger partial charge >= 0.3 is 12.0 Å². The molecule has 0 aromatic rings. The van der Waals surface area contributed by atoms with Crippen molar-refractivity contribution in [2.24, 2.45) is 0 Å². The van der Waals surface area contributed by atoms with Crippen molar-refractivity contribution >= 4 is 0 Å². The molecule has 0 spiro atoms. The lowest BCUT2D eigenvalue weighted by Gasteiger charge is -2.27. The lowest BCUT2D eigenvalue weighted by molar-refractivity contribution is -0.229. The number of hydrogen-bond donors (Lipinski definition) is 1. The van der Waals surface area contributed by atoms with Crippen LogP contribution in [0.3, 0.4) is 0 Å². The second-order valence-electron chi connectivity index (χ2n) is 2.17. The van der Waals surface area contributed by atoms with Crippen LogP contribution in [0.15, 0.2) is 24.2 Å². The van der Waals surface area contributed by atoms with Gasteiger partial charge in [-0.2, -0.15) is 13.2 Å². The maximum absolute atomic E-state index is 12.7. The Morgan fingerprint density at radius 1 is 1.33 bits per heavy atom. The molecular formula is C6H4F5N. The molecule has 0 aromatic carbocycles. The average molecular weight is 185 g/mol. The fraction of sp³-hybridized carbons (Fsp3) is 0.333. The van der Waals surface area contributed by atoms with Gasteiger partial charge in [0.2, 0.25) is 0 Å². The first-order valence-corrected chi connectivity index (χ1v) is 2.94. The van der Waals surface area contributed by atoms with Gasteiger partial charge < -0.3 is 5.32 Å². The lowest BCUT2D eigenvalue weighted by atomic mass is 10.1. The molecule has 1 nitrogen and oxygen atoms in total. The van der Waals surface area contributed by atoms with E-state index in [9.17, 15) is 22.0 Å². The number of alkyl halides is 4. The van der Waals surface area contributed by atoms with Gasteiger partial charge in [0.25, 0.3) is 0 Å². The van der Waals surface area contributed by atoms with Gasteiger partial charge in [0, 0.05) is 0 Å². The van der Waals surface area contributed by atoms with Crippen LogP contribution in [0.1, 0.15) is 0 Å². The number of halogens is 5. The number of nitrogens with one attached hydrogen (secondary N) is 1. The Bertz CT molecular complexity index is 241. The van der Waals surface area contributed by atoms with Gasteiger partial charge in [-0.25, -0.2) is 8.78 Å². The topological polar surface area (TPSA) is 12.0 Å². The Kier molecular flexibility index (Phi) is 1.85. The van der Waals surface area contributed by atoms with E-state index in [-0.39, 0.29) is 0 Å². The highest BCUT2D eigenvalue weighted by Crippen LogP contribution is 2.39. The zero-order valence-electron chi connectivity index (χ0n) is 5.62. The Balaban J connectivity index is 3.01. The van der Waals surface area contributed by atoms with Gasteiger partial charge in [-0.05, 0) is 18.4 Å². The Hall–Kier alpha value is -1.07. The molecule has 6 heteroatoms. The monoisotopic (exact) mass is 185 g/mol. The van der Waals surface area contributed by atoms with Gasteiger partial charge in [-0.3, -0.25) is 0 Å². The van der Waals surface area contributed by atoms with Crippen molar-refractivity contribution in [2.45, 2.75) is 12.0 Å². The molecule has 0 saturated carbocycles. The van der Waals surface area contributed by atoms with Gasteiger partial charge in [-0.15, -0.1) is 0 Å². The molecule has 1 heterocycles. The van der Waals surface area contributed by atoms with Crippen LogP contribution >= 0.6 is 0 Å². The first-order valence-electron chi connectivity index (χ1n) is 2.94. The molecule has 0 saturated heterocycles. The predicted octanol–water partition coefficient (Wildman–Crippen LogP) is 2.18. The normalized spacial score (nSPS) is 29.6. The van der Waals surface area contributed by atoms with Crippen molar-refractivity contribution in [3.63, 3.8) is 0 Å². The first-order chi connectivity index (χ1) is 5.38. The first kappa shape index (κ1) is 9.02. The van der Waals surface area contributed by atoms with Crippen LogP contribution in [0.5, 0.6) is 0 Å². The second kappa shape index (κ2) is 2.46. The van der Waals surface area contributed by atoms with Crippen LogP contribution in [0.25, 0.3) is 0 Å². The minimum Gasteiger partial charge on any atom is -0.347 e. The summed E-state index contributed by atoms with van der Waals surface area (Å²) >= 11 is 0. The summed E-state index contributed by atoms with van der Waals surface area (Å²) in [5, 5.41) is 1.27. The summed E-state index contributed by atoms with van der Waals surface area (Å²) in [5.74, 6) is -5.96. The summed E-state index contributed by atoms with van der Waals surface area (Å²) < 4.78 is 60.6. The quantitative estimate of drug-likeness (QED) is 0.450. The minimum atomic E-state index is -5.29. The molecule has 1 atom stereocenters. The van der Waals surface area contributed by atoms with E-state index in [1.807, 2.05) is 0 Å². The van der Waals surface area contributed by atoms with Gasteiger partial charge in [0.15, 0.2) is 5.83 Å². The van der Waals surface area contributed by atoms with Crippen molar-refractivity contribution < 1.29 is 22.0 Å². The van der Waals surface area contributed by atoms with Crippen LogP contribution in [-0.4, -0.2) is 12.0 Å². The summed E-state index contributed by atoms with van der Waals surface area (Å²) in [6, 6.07) is 0. The summed E-state index contributed by atoms with van der Waals surface area (Å²) in [6.45, 7) is 0. The summed E-state index contributed by atoms with van der Waals surface area (Å²) in [7, 11) is 0. The summed E-state index contributed by atoms with van der Waals surface area (Å²) in [5.41, 5.74) is 0. The van der Waals surface area contributed by atoms with E-state index in [1.165, 1.54) is 5.32 Å². The Morgan fingerprint density at radius 2 is 1.92 bits per heavy atom. The average Bonchev–Trinajstić information content (AvgIpc) is 1.93. The van der Waals surface area contributed by atoms with Crippen LogP contribution in [-0.2, 0) is 0 Å². The SMILES string of the molecule is FC1=CC=CNC1(F)C(F)(F)F. The van der Waals surface area contributed by atoms with E-state index in [0.29, 0.717) is 12.3 Å². The van der Waals surface area contributed by atoms with E-state index < -0.39 is 17.8 Å². The Morgan fingerprint density at radius 3 is 2.25 bits per heavy atom. The third-order valence-electron chi connectivity index (χ3n) is 1.34. The second-order valence-corrected chi connectivity index (χ2v) is 2.17. The maximum Gasteiger partial charge on any atom is 0.448 e. The molecule has 12 heavy (non-hydrogen) atoms. The molecule has 68 valence electrons. The third kappa shape index (κ3) is 1.17. The molecule has 0 bridgehead atoms. The molecule has 0 amide bonds. The van der Waals surface area contributed by atoms with Gasteiger partial charge in [0.05, 0.1) is 0 Å². The highest BCUT2D eigenvalue weighted by molar-refractivity contribution is 5.23. The van der Waals surface area contributed by atoms with Crippen LogP contribution in [0, 0.1) is 0 Å². The fourth-order valence-electron chi connectivity index (χ4n) is 0.697. The highest BCUT2D eigenvalue weighted by atomic mass is 19.4. The van der Waals surface area contributed by atoms with E-state index in [4.69, 9.17) is 0 Å². The third-order valence-corrected chi connectivity index (χ3v) is 1.34. The van der Waals surface area contributed by atoms with E-state index in [1.54, 1.807) is 0 Å². The molecular weight excluding hydrogens is 181 g/mol. The molecule has 1 N–H and O–H groups in total. The van der Waals surface area contributed by atoms with Crippen molar-refractivity contribution in [1.29, 1.82) is 0 Å². The van der Waals surface area contributed by atoms with E-state index in [0.717, 1.165) is 6.08 Å². The zero-order valence-corrected chi connectivity index (χ0v) is 5.62. The van der Waals surface area contributed by atoms with Crippen molar-refractivity contribution in [3.8, 4) is 0 Å². The molecule has 1 aliphatic heterocycles. The predicted molar refractivity (Wildman–Crippen MR) is 31.4 cm³/mol. The van der Waals surface area contributed by atoms with Crippen LogP contribution < -0.4 is 5.32 Å².